The van der Waals surface area contributed by atoms with Crippen LogP contribution in [0.5, 0.6) is 0 Å². The lowest BCUT2D eigenvalue weighted by Crippen LogP contribution is -2.46. The average molecular weight is 351 g/mol. The third-order valence-electron chi connectivity index (χ3n) is 5.15. The van der Waals surface area contributed by atoms with Crippen LogP contribution in [0.4, 0.5) is 11.4 Å². The molecule has 4 heteroatoms. The Morgan fingerprint density at radius 2 is 1.65 bits per heavy atom. The number of nitrogens with one attached hydrogen (secondary N) is 1. The summed E-state index contributed by atoms with van der Waals surface area (Å²) in [7, 11) is 0. The number of piperazine rings is 1. The van der Waals surface area contributed by atoms with Gasteiger partial charge in [-0.05, 0) is 42.3 Å². The highest BCUT2D eigenvalue weighted by atomic mass is 16.1. The van der Waals surface area contributed by atoms with Gasteiger partial charge in [0.1, 0.15) is 0 Å². The zero-order valence-corrected chi connectivity index (χ0v) is 16.0. The molecule has 0 radical (unpaired) electrons. The molecule has 4 nitrogen and oxygen atoms in total. The van der Waals surface area contributed by atoms with Crippen LogP contribution < -0.4 is 10.2 Å². The molecule has 1 saturated heterocycles. The van der Waals surface area contributed by atoms with Crippen molar-refractivity contribution in [1.29, 1.82) is 0 Å². The smallest absolute Gasteiger partial charge is 0.255 e. The van der Waals surface area contributed by atoms with E-state index in [4.69, 9.17) is 0 Å². The second-order valence-electron chi connectivity index (χ2n) is 7.17. The standard InChI is InChI=1S/C22H29N3O/c1-4-24-13-15-25(16-14-24)21-8-6-5-7-20(21)23-22(26)19-11-9-18(10-12-19)17(2)3/h5-12,17H,4,13-16H2,1-3H3,(H,23,26). The van der Waals surface area contributed by atoms with Crippen molar-refractivity contribution in [3.63, 3.8) is 0 Å². The number of para-hydroxylation sites is 2. The maximum atomic E-state index is 12.7. The molecule has 0 saturated carbocycles. The molecular formula is C22H29N3O. The first-order valence-corrected chi connectivity index (χ1v) is 9.56. The van der Waals surface area contributed by atoms with Crippen molar-refractivity contribution < 1.29 is 4.79 Å². The maximum absolute atomic E-state index is 12.7. The Bertz CT molecular complexity index is 731. The molecule has 2 aromatic rings. The minimum Gasteiger partial charge on any atom is -0.367 e. The van der Waals surface area contributed by atoms with Gasteiger partial charge in [-0.2, -0.15) is 0 Å². The summed E-state index contributed by atoms with van der Waals surface area (Å²) in [5.41, 5.74) is 3.93. The van der Waals surface area contributed by atoms with Crippen molar-refractivity contribution in [2.24, 2.45) is 0 Å². The monoisotopic (exact) mass is 351 g/mol. The fourth-order valence-electron chi connectivity index (χ4n) is 3.37. The van der Waals surface area contributed by atoms with Gasteiger partial charge in [0, 0.05) is 31.7 Å². The molecule has 0 bridgehead atoms. The summed E-state index contributed by atoms with van der Waals surface area (Å²) in [4.78, 5) is 17.5. The SMILES string of the molecule is CCN1CCN(c2ccccc2NC(=O)c2ccc(C(C)C)cc2)CC1. The van der Waals surface area contributed by atoms with Crippen LogP contribution in [0, 0.1) is 0 Å². The second kappa shape index (κ2) is 8.37. The minimum absolute atomic E-state index is 0.0556. The summed E-state index contributed by atoms with van der Waals surface area (Å²) in [5.74, 6) is 0.412. The number of rotatable bonds is 5. The quantitative estimate of drug-likeness (QED) is 0.877. The molecule has 1 aliphatic rings. The molecule has 138 valence electrons. The highest BCUT2D eigenvalue weighted by Gasteiger charge is 2.19. The van der Waals surface area contributed by atoms with E-state index >= 15 is 0 Å². The first-order valence-electron chi connectivity index (χ1n) is 9.56. The molecule has 1 amide bonds. The molecule has 3 rings (SSSR count). The van der Waals surface area contributed by atoms with Gasteiger partial charge in [0.2, 0.25) is 0 Å². The highest BCUT2D eigenvalue weighted by Crippen LogP contribution is 2.27. The minimum atomic E-state index is -0.0556. The van der Waals surface area contributed by atoms with Crippen LogP contribution in [0.25, 0.3) is 0 Å². The van der Waals surface area contributed by atoms with Crippen LogP contribution in [-0.2, 0) is 0 Å². The Morgan fingerprint density at radius 1 is 1.00 bits per heavy atom. The maximum Gasteiger partial charge on any atom is 0.255 e. The van der Waals surface area contributed by atoms with Gasteiger partial charge in [0.15, 0.2) is 0 Å². The topological polar surface area (TPSA) is 35.6 Å². The highest BCUT2D eigenvalue weighted by molar-refractivity contribution is 6.06. The Kier molecular flexibility index (Phi) is 5.94. The molecule has 1 N–H and O–H groups in total. The number of nitrogens with zero attached hydrogens (tertiary/aromatic N) is 2. The van der Waals surface area contributed by atoms with E-state index in [1.54, 1.807) is 0 Å². The molecule has 1 aliphatic heterocycles. The van der Waals surface area contributed by atoms with Crippen LogP contribution in [0.1, 0.15) is 42.6 Å². The van der Waals surface area contributed by atoms with Crippen molar-refractivity contribution in [3.8, 4) is 0 Å². The Morgan fingerprint density at radius 3 is 2.27 bits per heavy atom. The van der Waals surface area contributed by atoms with E-state index in [0.29, 0.717) is 11.5 Å². The molecular weight excluding hydrogens is 322 g/mol. The van der Waals surface area contributed by atoms with Crippen LogP contribution in [0.3, 0.4) is 0 Å². The zero-order chi connectivity index (χ0) is 18.5. The molecule has 0 atom stereocenters. The number of hydrogen-bond acceptors (Lipinski definition) is 3. The van der Waals surface area contributed by atoms with Crippen LogP contribution in [0.15, 0.2) is 48.5 Å². The number of benzene rings is 2. The van der Waals surface area contributed by atoms with Crippen LogP contribution in [0.2, 0.25) is 0 Å². The molecule has 0 unspecified atom stereocenters. The molecule has 1 heterocycles. The van der Waals surface area contributed by atoms with Crippen molar-refractivity contribution in [2.45, 2.75) is 26.7 Å². The van der Waals surface area contributed by atoms with E-state index in [1.165, 1.54) is 5.56 Å². The molecule has 2 aromatic carbocycles. The van der Waals surface area contributed by atoms with Gasteiger partial charge in [-0.25, -0.2) is 0 Å². The fraction of sp³-hybridized carbons (Fsp3) is 0.409. The molecule has 0 aromatic heterocycles. The molecule has 0 spiro atoms. The third-order valence-corrected chi connectivity index (χ3v) is 5.15. The number of anilines is 2. The lowest BCUT2D eigenvalue weighted by Gasteiger charge is -2.36. The predicted molar refractivity (Wildman–Crippen MR) is 109 cm³/mol. The van der Waals surface area contributed by atoms with E-state index < -0.39 is 0 Å². The summed E-state index contributed by atoms with van der Waals surface area (Å²) < 4.78 is 0. The first-order chi connectivity index (χ1) is 12.6. The summed E-state index contributed by atoms with van der Waals surface area (Å²) >= 11 is 0. The zero-order valence-electron chi connectivity index (χ0n) is 16.0. The van der Waals surface area contributed by atoms with Gasteiger partial charge >= 0.3 is 0 Å². The van der Waals surface area contributed by atoms with Crippen molar-refractivity contribution >= 4 is 17.3 Å². The van der Waals surface area contributed by atoms with Crippen molar-refractivity contribution in [1.82, 2.24) is 4.90 Å². The van der Waals surface area contributed by atoms with E-state index in [9.17, 15) is 4.79 Å². The summed E-state index contributed by atoms with van der Waals surface area (Å²) in [6, 6.07) is 16.0. The van der Waals surface area contributed by atoms with E-state index in [2.05, 4.69) is 42.0 Å². The summed E-state index contributed by atoms with van der Waals surface area (Å²) in [6.45, 7) is 11.7. The molecule has 1 fully saturated rings. The lowest BCUT2D eigenvalue weighted by molar-refractivity contribution is 0.102. The summed E-state index contributed by atoms with van der Waals surface area (Å²) in [6.07, 6.45) is 0. The van der Waals surface area contributed by atoms with Gasteiger partial charge < -0.3 is 15.1 Å². The Hall–Kier alpha value is -2.33. The van der Waals surface area contributed by atoms with Gasteiger partial charge in [-0.1, -0.05) is 45.0 Å². The molecule has 0 aliphatic carbocycles. The number of likely N-dealkylation sites (N-methyl/N-ethyl adjacent to an activating group) is 1. The summed E-state index contributed by atoms with van der Waals surface area (Å²) in [5, 5.41) is 3.10. The predicted octanol–water partition coefficient (Wildman–Crippen LogP) is 4.20. The number of carbonyl (C=O) groups is 1. The Labute approximate surface area is 156 Å². The largest absolute Gasteiger partial charge is 0.367 e. The van der Waals surface area contributed by atoms with Crippen LogP contribution >= 0.6 is 0 Å². The number of carbonyl (C=O) groups excluding carboxylic acids is 1. The second-order valence-corrected chi connectivity index (χ2v) is 7.17. The van der Waals surface area contributed by atoms with Crippen LogP contribution in [-0.4, -0.2) is 43.5 Å². The normalized spacial score (nSPS) is 15.3. The van der Waals surface area contributed by atoms with E-state index in [0.717, 1.165) is 44.1 Å². The van der Waals surface area contributed by atoms with Crippen molar-refractivity contribution in [3.05, 3.63) is 59.7 Å². The van der Waals surface area contributed by atoms with Gasteiger partial charge in [-0.3, -0.25) is 4.79 Å². The Balaban J connectivity index is 1.73. The van der Waals surface area contributed by atoms with Gasteiger partial charge in [-0.15, -0.1) is 0 Å². The van der Waals surface area contributed by atoms with Crippen molar-refractivity contribution in [2.75, 3.05) is 42.9 Å². The molecule has 26 heavy (non-hydrogen) atoms. The third kappa shape index (κ3) is 4.25. The van der Waals surface area contributed by atoms with Gasteiger partial charge in [0.25, 0.3) is 5.91 Å². The average Bonchev–Trinajstić information content (AvgIpc) is 2.68. The number of hydrogen-bond donors (Lipinski definition) is 1. The lowest BCUT2D eigenvalue weighted by atomic mass is 10.0. The number of amides is 1. The first kappa shape index (κ1) is 18.5. The fourth-order valence-corrected chi connectivity index (χ4v) is 3.37. The van der Waals surface area contributed by atoms with E-state index in [1.807, 2.05) is 42.5 Å². The van der Waals surface area contributed by atoms with Gasteiger partial charge in [0.05, 0.1) is 11.4 Å². The van der Waals surface area contributed by atoms with E-state index in [-0.39, 0.29) is 5.91 Å².